The summed E-state index contributed by atoms with van der Waals surface area (Å²) in [5.74, 6) is 1.59. The summed E-state index contributed by atoms with van der Waals surface area (Å²) >= 11 is 7.67. The van der Waals surface area contributed by atoms with Crippen molar-refractivity contribution in [2.45, 2.75) is 55.4 Å². The third-order valence-corrected chi connectivity index (χ3v) is 7.71. The molecule has 0 bridgehead atoms. The van der Waals surface area contributed by atoms with Gasteiger partial charge in [-0.15, -0.1) is 0 Å². The Morgan fingerprint density at radius 2 is 1.97 bits per heavy atom. The van der Waals surface area contributed by atoms with Crippen molar-refractivity contribution in [3.8, 4) is 11.8 Å². The van der Waals surface area contributed by atoms with Crippen molar-refractivity contribution in [2.75, 3.05) is 4.72 Å². The lowest BCUT2D eigenvalue weighted by molar-refractivity contribution is 0.0340. The number of benzene rings is 2. The van der Waals surface area contributed by atoms with E-state index in [0.717, 1.165) is 35.6 Å². The van der Waals surface area contributed by atoms with Crippen molar-refractivity contribution >= 4 is 35.2 Å². The highest BCUT2D eigenvalue weighted by atomic mass is 35.5. The molecule has 2 aromatic rings. The molecule has 0 aromatic heterocycles. The SMILES string of the molecule is N#Cc1cc(NSc2cc(C(=O)O)ccc2C2CC2)c(OC2CCC2C2CC2)cc1Cl. The van der Waals surface area contributed by atoms with Crippen LogP contribution in [0.4, 0.5) is 5.69 Å². The molecule has 0 amide bonds. The monoisotopic (exact) mass is 454 g/mol. The van der Waals surface area contributed by atoms with Gasteiger partial charge in [0.2, 0.25) is 0 Å². The Morgan fingerprint density at radius 1 is 1.16 bits per heavy atom. The second kappa shape index (κ2) is 8.29. The van der Waals surface area contributed by atoms with Gasteiger partial charge < -0.3 is 14.6 Å². The summed E-state index contributed by atoms with van der Waals surface area (Å²) in [5.41, 5.74) is 2.49. The number of halogens is 1. The molecular formula is C24H23ClN2O3S. The lowest BCUT2D eigenvalue weighted by Gasteiger charge is -2.37. The quantitative estimate of drug-likeness (QED) is 0.444. The van der Waals surface area contributed by atoms with E-state index in [9.17, 15) is 15.2 Å². The lowest BCUT2D eigenvalue weighted by atomic mass is 9.78. The standard InChI is InChI=1S/C24H23ClN2O3S/c25-19-11-22(30-21-8-7-17(21)13-1-2-13)20(9-16(19)12-26)27-31-23-10-15(24(28)29)5-6-18(23)14-3-4-14/h5-6,9-11,13-14,17,21,27H,1-4,7-8H2,(H,28,29). The number of carbonyl (C=O) groups is 1. The Kier molecular flexibility index (Phi) is 5.49. The Labute approximate surface area is 190 Å². The minimum atomic E-state index is -0.942. The number of nitrogens with one attached hydrogen (secondary N) is 1. The van der Waals surface area contributed by atoms with E-state index in [1.165, 1.54) is 31.2 Å². The Bertz CT molecular complexity index is 1080. The largest absolute Gasteiger partial charge is 0.488 e. The first-order valence-corrected chi connectivity index (χ1v) is 11.9. The third-order valence-electron chi connectivity index (χ3n) is 6.51. The molecule has 0 aliphatic heterocycles. The first-order chi connectivity index (χ1) is 15.0. The number of hydrogen-bond acceptors (Lipinski definition) is 5. The van der Waals surface area contributed by atoms with E-state index in [1.807, 2.05) is 6.07 Å². The molecule has 0 radical (unpaired) electrons. The fourth-order valence-electron chi connectivity index (χ4n) is 4.28. The normalized spacial score (nSPS) is 22.3. The van der Waals surface area contributed by atoms with Crippen LogP contribution in [-0.4, -0.2) is 17.2 Å². The molecule has 2 unspecified atom stereocenters. The second-order valence-electron chi connectivity index (χ2n) is 8.71. The maximum Gasteiger partial charge on any atom is 0.335 e. The van der Waals surface area contributed by atoms with Crippen LogP contribution in [0.5, 0.6) is 5.75 Å². The van der Waals surface area contributed by atoms with Crippen LogP contribution in [0.15, 0.2) is 35.2 Å². The zero-order valence-corrected chi connectivity index (χ0v) is 18.5. The van der Waals surface area contributed by atoms with Crippen LogP contribution in [0.2, 0.25) is 5.02 Å². The lowest BCUT2D eigenvalue weighted by Crippen LogP contribution is -2.38. The fraction of sp³-hybridized carbons (Fsp3) is 0.417. The molecule has 2 atom stereocenters. The van der Waals surface area contributed by atoms with Gasteiger partial charge in [0.25, 0.3) is 0 Å². The number of anilines is 1. The van der Waals surface area contributed by atoms with Crippen molar-refractivity contribution in [3.05, 3.63) is 52.0 Å². The molecule has 5 nitrogen and oxygen atoms in total. The highest BCUT2D eigenvalue weighted by Crippen LogP contribution is 2.49. The van der Waals surface area contributed by atoms with Gasteiger partial charge in [-0.25, -0.2) is 4.79 Å². The van der Waals surface area contributed by atoms with Crippen LogP contribution in [0, 0.1) is 23.2 Å². The van der Waals surface area contributed by atoms with E-state index in [0.29, 0.717) is 33.9 Å². The predicted octanol–water partition coefficient (Wildman–Crippen LogP) is 6.47. The highest BCUT2D eigenvalue weighted by molar-refractivity contribution is 8.00. The van der Waals surface area contributed by atoms with Gasteiger partial charge in [-0.2, -0.15) is 5.26 Å². The first-order valence-electron chi connectivity index (χ1n) is 10.7. The second-order valence-corrected chi connectivity index (χ2v) is 9.97. The Morgan fingerprint density at radius 3 is 2.58 bits per heavy atom. The van der Waals surface area contributed by atoms with Crippen LogP contribution in [-0.2, 0) is 0 Å². The third kappa shape index (κ3) is 4.35. The number of carboxylic acids is 1. The summed E-state index contributed by atoms with van der Waals surface area (Å²) in [4.78, 5) is 12.3. The van der Waals surface area contributed by atoms with Crippen LogP contribution in [0.3, 0.4) is 0 Å². The molecule has 160 valence electrons. The molecular weight excluding hydrogens is 432 g/mol. The summed E-state index contributed by atoms with van der Waals surface area (Å²) in [7, 11) is 0. The molecule has 0 saturated heterocycles. The molecule has 3 aliphatic rings. The summed E-state index contributed by atoms with van der Waals surface area (Å²) < 4.78 is 9.68. The van der Waals surface area contributed by atoms with Gasteiger partial charge in [0, 0.05) is 11.0 Å². The van der Waals surface area contributed by atoms with Crippen molar-refractivity contribution in [2.24, 2.45) is 11.8 Å². The molecule has 0 heterocycles. The predicted molar refractivity (Wildman–Crippen MR) is 121 cm³/mol. The molecule has 3 aliphatic carbocycles. The molecule has 3 saturated carbocycles. The molecule has 2 N–H and O–H groups in total. The van der Waals surface area contributed by atoms with Gasteiger partial charge in [-0.1, -0.05) is 17.7 Å². The zero-order valence-electron chi connectivity index (χ0n) is 16.9. The fourth-order valence-corrected chi connectivity index (χ4v) is 5.40. The Balaban J connectivity index is 1.40. The number of carboxylic acid groups (broad SMARTS) is 1. The van der Waals surface area contributed by atoms with Crippen molar-refractivity contribution in [1.29, 1.82) is 5.26 Å². The summed E-state index contributed by atoms with van der Waals surface area (Å²) in [6, 6.07) is 10.9. The number of rotatable bonds is 8. The van der Waals surface area contributed by atoms with E-state index in [-0.39, 0.29) is 11.7 Å². The zero-order chi connectivity index (χ0) is 21.5. The van der Waals surface area contributed by atoms with Gasteiger partial charge >= 0.3 is 5.97 Å². The van der Waals surface area contributed by atoms with Crippen molar-refractivity contribution < 1.29 is 14.6 Å². The maximum atomic E-state index is 11.5. The summed E-state index contributed by atoms with van der Waals surface area (Å²) in [5, 5.41) is 19.2. The van der Waals surface area contributed by atoms with E-state index >= 15 is 0 Å². The minimum absolute atomic E-state index is 0.194. The highest BCUT2D eigenvalue weighted by Gasteiger charge is 2.43. The van der Waals surface area contributed by atoms with Gasteiger partial charge in [-0.3, -0.25) is 0 Å². The van der Waals surface area contributed by atoms with Crippen LogP contribution in [0.1, 0.15) is 65.9 Å². The molecule has 7 heteroatoms. The number of ether oxygens (including phenoxy) is 1. The smallest absolute Gasteiger partial charge is 0.335 e. The summed E-state index contributed by atoms with van der Waals surface area (Å²) in [6.45, 7) is 0. The number of nitriles is 1. The van der Waals surface area contributed by atoms with Gasteiger partial charge in [-0.05, 0) is 92.0 Å². The average Bonchev–Trinajstić information content (AvgIpc) is 3.64. The number of aromatic carboxylic acids is 1. The van der Waals surface area contributed by atoms with Crippen LogP contribution < -0.4 is 9.46 Å². The van der Waals surface area contributed by atoms with Gasteiger partial charge in [0.05, 0.1) is 21.8 Å². The van der Waals surface area contributed by atoms with Crippen molar-refractivity contribution in [3.63, 3.8) is 0 Å². The maximum absolute atomic E-state index is 11.5. The van der Waals surface area contributed by atoms with Crippen LogP contribution >= 0.6 is 23.5 Å². The first kappa shape index (κ1) is 20.5. The van der Waals surface area contributed by atoms with E-state index in [2.05, 4.69) is 10.8 Å². The van der Waals surface area contributed by atoms with E-state index in [4.69, 9.17) is 16.3 Å². The van der Waals surface area contributed by atoms with Crippen molar-refractivity contribution in [1.82, 2.24) is 0 Å². The van der Waals surface area contributed by atoms with E-state index < -0.39 is 5.97 Å². The number of nitrogens with zero attached hydrogens (tertiary/aromatic N) is 1. The minimum Gasteiger partial charge on any atom is -0.488 e. The van der Waals surface area contributed by atoms with Gasteiger partial charge in [0.1, 0.15) is 17.9 Å². The van der Waals surface area contributed by atoms with E-state index in [1.54, 1.807) is 24.3 Å². The molecule has 31 heavy (non-hydrogen) atoms. The molecule has 3 fully saturated rings. The molecule has 5 rings (SSSR count). The molecule has 2 aromatic carbocycles. The topological polar surface area (TPSA) is 82.4 Å². The number of hydrogen-bond donors (Lipinski definition) is 2. The summed E-state index contributed by atoms with van der Waals surface area (Å²) in [6.07, 6.45) is 7.28. The van der Waals surface area contributed by atoms with Crippen LogP contribution in [0.25, 0.3) is 0 Å². The average molecular weight is 455 g/mol. The Hall–Kier alpha value is -2.36. The molecule has 0 spiro atoms. The van der Waals surface area contributed by atoms with Gasteiger partial charge in [0.15, 0.2) is 0 Å².